The van der Waals surface area contributed by atoms with Crippen LogP contribution in [0.25, 0.3) is 10.9 Å². The normalized spacial score (nSPS) is 11.0. The number of aromatic nitrogens is 3. The lowest BCUT2D eigenvalue weighted by atomic mass is 10.1. The monoisotopic (exact) mass is 301 g/mol. The Kier molecular flexibility index (Phi) is 3.34. The molecule has 3 N–H and O–H groups in total. The highest BCUT2D eigenvalue weighted by Crippen LogP contribution is 2.28. The minimum atomic E-state index is -0.181. The second-order valence-corrected chi connectivity index (χ2v) is 5.82. The molecule has 0 radical (unpaired) electrons. The summed E-state index contributed by atoms with van der Waals surface area (Å²) in [6.07, 6.45) is 1.40. The van der Waals surface area contributed by atoms with E-state index in [1.54, 1.807) is 17.4 Å². The van der Waals surface area contributed by atoms with Crippen LogP contribution in [0, 0.1) is 6.92 Å². The van der Waals surface area contributed by atoms with E-state index < -0.39 is 0 Å². The number of nitrogens with zero attached hydrogens (tertiary/aromatic N) is 3. The third-order valence-corrected chi connectivity index (χ3v) is 4.35. The van der Waals surface area contributed by atoms with Crippen molar-refractivity contribution >= 4 is 33.6 Å². The van der Waals surface area contributed by atoms with Crippen molar-refractivity contribution in [3.63, 3.8) is 0 Å². The van der Waals surface area contributed by atoms with Gasteiger partial charge in [0.15, 0.2) is 0 Å². The van der Waals surface area contributed by atoms with Gasteiger partial charge in [-0.3, -0.25) is 4.79 Å². The molecule has 0 aliphatic heterocycles. The molecule has 6 nitrogen and oxygen atoms in total. The summed E-state index contributed by atoms with van der Waals surface area (Å²) in [5.41, 5.74) is 10.8. The van der Waals surface area contributed by atoms with Gasteiger partial charge in [0.05, 0.1) is 46.4 Å². The number of H-pyrrole nitrogens is 1. The molecule has 3 aromatic rings. The summed E-state index contributed by atoms with van der Waals surface area (Å²) in [6.45, 7) is 2.71. The van der Waals surface area contributed by atoms with Gasteiger partial charge in [0.2, 0.25) is 0 Å². The van der Waals surface area contributed by atoms with Crippen molar-refractivity contribution in [1.29, 1.82) is 0 Å². The molecule has 0 amide bonds. The van der Waals surface area contributed by atoms with Gasteiger partial charge in [0.1, 0.15) is 0 Å². The molecule has 0 spiro atoms. The third-order valence-electron chi connectivity index (χ3n) is 3.43. The van der Waals surface area contributed by atoms with Gasteiger partial charge >= 0.3 is 0 Å². The van der Waals surface area contributed by atoms with Gasteiger partial charge in [-0.1, -0.05) is 0 Å². The molecule has 3 rings (SSSR count). The van der Waals surface area contributed by atoms with Crippen LogP contribution in [0.4, 0.5) is 11.4 Å². The Balaban J connectivity index is 2.02. The minimum absolute atomic E-state index is 0.181. The van der Waals surface area contributed by atoms with E-state index >= 15 is 0 Å². The van der Waals surface area contributed by atoms with Crippen molar-refractivity contribution in [3.05, 3.63) is 44.9 Å². The van der Waals surface area contributed by atoms with Gasteiger partial charge in [-0.05, 0) is 19.1 Å². The lowest BCUT2D eigenvalue weighted by molar-refractivity contribution is 0.928. The molecule has 0 unspecified atom stereocenters. The molecular formula is C14H15N5OS. The first-order chi connectivity index (χ1) is 10.1. The molecule has 0 aliphatic rings. The second-order valence-electron chi connectivity index (χ2n) is 4.88. The largest absolute Gasteiger partial charge is 0.397 e. The zero-order chi connectivity index (χ0) is 15.0. The second kappa shape index (κ2) is 5.17. The number of thiazole rings is 1. The number of fused-ring (bicyclic) bond motifs is 1. The number of aryl methyl sites for hydroxylation is 1. The summed E-state index contributed by atoms with van der Waals surface area (Å²) in [5.74, 6) is 0. The maximum absolute atomic E-state index is 11.7. The molecular weight excluding hydrogens is 286 g/mol. The zero-order valence-electron chi connectivity index (χ0n) is 11.8. The number of hydrogen-bond acceptors (Lipinski definition) is 6. The smallest absolute Gasteiger partial charge is 0.258 e. The van der Waals surface area contributed by atoms with E-state index in [2.05, 4.69) is 15.0 Å². The summed E-state index contributed by atoms with van der Waals surface area (Å²) in [6, 6.07) is 3.52. The predicted octanol–water partition coefficient (Wildman–Crippen LogP) is 1.91. The molecule has 2 aromatic heterocycles. The number of anilines is 2. The maximum Gasteiger partial charge on any atom is 0.258 e. The molecule has 2 heterocycles. The van der Waals surface area contributed by atoms with E-state index in [-0.39, 0.29) is 5.56 Å². The van der Waals surface area contributed by atoms with Gasteiger partial charge in [0, 0.05) is 11.9 Å². The fraction of sp³-hybridized carbons (Fsp3) is 0.214. The van der Waals surface area contributed by atoms with Crippen molar-refractivity contribution in [2.45, 2.75) is 13.5 Å². The maximum atomic E-state index is 11.7. The zero-order valence-corrected chi connectivity index (χ0v) is 12.6. The number of nitrogens with two attached hydrogens (primary N) is 1. The summed E-state index contributed by atoms with van der Waals surface area (Å²) in [4.78, 5) is 26.0. The van der Waals surface area contributed by atoms with Crippen LogP contribution in [0.1, 0.15) is 10.6 Å². The van der Waals surface area contributed by atoms with Crippen LogP contribution in [-0.2, 0) is 6.54 Å². The molecule has 0 saturated heterocycles. The number of rotatable bonds is 3. The van der Waals surface area contributed by atoms with Crippen LogP contribution >= 0.6 is 11.3 Å². The fourth-order valence-electron chi connectivity index (χ4n) is 2.23. The quantitative estimate of drug-likeness (QED) is 0.721. The van der Waals surface area contributed by atoms with Crippen molar-refractivity contribution in [2.75, 3.05) is 17.7 Å². The molecule has 0 atom stereocenters. The molecule has 21 heavy (non-hydrogen) atoms. The topological polar surface area (TPSA) is 87.9 Å². The minimum Gasteiger partial charge on any atom is -0.397 e. The van der Waals surface area contributed by atoms with E-state index in [1.165, 1.54) is 11.2 Å². The van der Waals surface area contributed by atoms with Gasteiger partial charge in [-0.25, -0.2) is 9.97 Å². The number of benzene rings is 1. The Morgan fingerprint density at radius 3 is 2.90 bits per heavy atom. The molecule has 0 saturated carbocycles. The van der Waals surface area contributed by atoms with Crippen molar-refractivity contribution < 1.29 is 0 Å². The van der Waals surface area contributed by atoms with Crippen LogP contribution < -0.4 is 16.2 Å². The van der Waals surface area contributed by atoms with Crippen LogP contribution in [0.5, 0.6) is 0 Å². The Labute approximate surface area is 125 Å². The molecule has 1 aromatic carbocycles. The predicted molar refractivity (Wildman–Crippen MR) is 85.7 cm³/mol. The number of aromatic amines is 1. The van der Waals surface area contributed by atoms with Gasteiger partial charge < -0.3 is 15.6 Å². The number of nitrogen functional groups attached to an aromatic ring is 1. The van der Waals surface area contributed by atoms with Crippen LogP contribution in [0.15, 0.2) is 28.8 Å². The van der Waals surface area contributed by atoms with Crippen molar-refractivity contribution in [2.24, 2.45) is 0 Å². The fourth-order valence-corrected chi connectivity index (χ4v) is 3.06. The average molecular weight is 301 g/mol. The van der Waals surface area contributed by atoms with Gasteiger partial charge in [-0.2, -0.15) is 0 Å². The Morgan fingerprint density at radius 2 is 2.19 bits per heavy atom. The van der Waals surface area contributed by atoms with Crippen LogP contribution in [-0.4, -0.2) is 22.0 Å². The first-order valence-corrected chi connectivity index (χ1v) is 7.31. The van der Waals surface area contributed by atoms with E-state index in [0.717, 1.165) is 17.9 Å². The van der Waals surface area contributed by atoms with Crippen molar-refractivity contribution in [1.82, 2.24) is 15.0 Å². The summed E-state index contributed by atoms with van der Waals surface area (Å²) >= 11 is 1.62. The van der Waals surface area contributed by atoms with Gasteiger partial charge in [0.25, 0.3) is 5.56 Å². The summed E-state index contributed by atoms with van der Waals surface area (Å²) in [5, 5.41) is 0.501. The van der Waals surface area contributed by atoms with Crippen LogP contribution in [0.3, 0.4) is 0 Å². The number of nitrogens with one attached hydrogen (secondary N) is 1. The molecule has 0 aliphatic carbocycles. The standard InChI is InChI=1S/C14H15N5OS/c1-8-13(21-7-18-8)5-19(2)12-4-11-9(3-10(12)15)14(20)17-6-16-11/h3-4,6-7H,5,15H2,1-2H3,(H,16,17,20). The van der Waals surface area contributed by atoms with E-state index in [1.807, 2.05) is 30.4 Å². The SMILES string of the molecule is Cc1ncsc1CN(C)c1cc2nc[nH]c(=O)c2cc1N. The lowest BCUT2D eigenvalue weighted by Gasteiger charge is -2.21. The van der Waals surface area contributed by atoms with Gasteiger partial charge in [-0.15, -0.1) is 11.3 Å². The van der Waals surface area contributed by atoms with Crippen molar-refractivity contribution in [3.8, 4) is 0 Å². The Morgan fingerprint density at radius 1 is 1.38 bits per heavy atom. The molecule has 0 fully saturated rings. The van der Waals surface area contributed by atoms with Crippen LogP contribution in [0.2, 0.25) is 0 Å². The summed E-state index contributed by atoms with van der Waals surface area (Å²) < 4.78 is 0. The number of hydrogen-bond donors (Lipinski definition) is 2. The molecule has 0 bridgehead atoms. The van der Waals surface area contributed by atoms with E-state index in [9.17, 15) is 4.79 Å². The highest BCUT2D eigenvalue weighted by Gasteiger charge is 2.12. The van der Waals surface area contributed by atoms with E-state index in [4.69, 9.17) is 5.73 Å². The highest BCUT2D eigenvalue weighted by atomic mass is 32.1. The van der Waals surface area contributed by atoms with E-state index in [0.29, 0.717) is 16.6 Å². The lowest BCUT2D eigenvalue weighted by Crippen LogP contribution is -2.18. The first kappa shape index (κ1) is 13.6. The molecule has 7 heteroatoms. The third kappa shape index (κ3) is 2.47. The Bertz CT molecular complexity index is 854. The average Bonchev–Trinajstić information content (AvgIpc) is 2.85. The first-order valence-electron chi connectivity index (χ1n) is 6.43. The molecule has 108 valence electrons. The summed E-state index contributed by atoms with van der Waals surface area (Å²) in [7, 11) is 1.96. The Hall–Kier alpha value is -2.41. The highest BCUT2D eigenvalue weighted by molar-refractivity contribution is 7.09.